The smallest absolute Gasteiger partial charge is 0.271 e. The Balaban J connectivity index is 1.92. The van der Waals surface area contributed by atoms with Gasteiger partial charge in [-0.05, 0) is 54.2 Å². The molecule has 0 aliphatic heterocycles. The van der Waals surface area contributed by atoms with Crippen LogP contribution in [0.5, 0.6) is 5.75 Å². The van der Waals surface area contributed by atoms with Crippen molar-refractivity contribution in [1.82, 2.24) is 13.9 Å². The number of nitro benzene ring substituents is 1. The standard InChI is InChI=1S/C22H12N6O6S2/c23-10-14-17(11-3-5-12(6-4-11)28(30)31)19-21(34-20(14)24)26-22(35)27(19)36(32,33)16-8-7-15(29)18-13(16)2-1-9-25-18/h1-9,24,29H,(H,26,35). The highest BCUT2D eigenvalue weighted by Gasteiger charge is 2.29. The first kappa shape index (κ1) is 22.9. The zero-order valence-electron chi connectivity index (χ0n) is 17.8. The van der Waals surface area contributed by atoms with Crippen molar-refractivity contribution in [3.8, 4) is 22.9 Å². The van der Waals surface area contributed by atoms with Crippen LogP contribution in [0.25, 0.3) is 33.3 Å². The number of nitrogens with zero attached hydrogens (tertiary/aromatic N) is 4. The number of benzene rings is 2. The van der Waals surface area contributed by atoms with Crippen molar-refractivity contribution in [2.45, 2.75) is 4.90 Å². The van der Waals surface area contributed by atoms with Crippen LogP contribution in [0.1, 0.15) is 5.56 Å². The van der Waals surface area contributed by atoms with E-state index in [0.717, 1.165) is 3.97 Å². The number of imidazole rings is 1. The van der Waals surface area contributed by atoms with Gasteiger partial charge in [0, 0.05) is 29.3 Å². The number of pyridine rings is 1. The fourth-order valence-electron chi connectivity index (χ4n) is 3.90. The monoisotopic (exact) mass is 520 g/mol. The lowest BCUT2D eigenvalue weighted by atomic mass is 10.0. The summed E-state index contributed by atoms with van der Waals surface area (Å²) in [5.41, 5.74) is -1.17. The van der Waals surface area contributed by atoms with Crippen LogP contribution in [0.4, 0.5) is 5.69 Å². The summed E-state index contributed by atoms with van der Waals surface area (Å²) in [6, 6.07) is 12.2. The molecule has 0 bridgehead atoms. The van der Waals surface area contributed by atoms with Gasteiger partial charge in [0.1, 0.15) is 28.4 Å². The van der Waals surface area contributed by atoms with E-state index in [0.29, 0.717) is 0 Å². The number of H-pyrrole nitrogens is 1. The number of aromatic amines is 1. The minimum Gasteiger partial charge on any atom is -0.506 e. The van der Waals surface area contributed by atoms with Gasteiger partial charge < -0.3 is 9.52 Å². The number of non-ortho nitro benzene ring substituents is 1. The third-order valence-electron chi connectivity index (χ3n) is 5.45. The summed E-state index contributed by atoms with van der Waals surface area (Å²) < 4.78 is 33.8. The Morgan fingerprint density at radius 2 is 1.94 bits per heavy atom. The predicted molar refractivity (Wildman–Crippen MR) is 128 cm³/mol. The second kappa shape index (κ2) is 8.12. The SMILES string of the molecule is N#Cc1c(-c2ccc([N+](=O)[O-])cc2)c2c([nH]c(=S)n2S(=O)(=O)c2ccc(O)c3ncccc23)oc1=N. The van der Waals surface area contributed by atoms with E-state index in [4.69, 9.17) is 22.0 Å². The van der Waals surface area contributed by atoms with Gasteiger partial charge in [-0.1, -0.05) is 0 Å². The third-order valence-corrected chi connectivity index (χ3v) is 7.60. The molecule has 0 aliphatic rings. The molecule has 5 aromatic rings. The van der Waals surface area contributed by atoms with E-state index in [1.54, 1.807) is 0 Å². The van der Waals surface area contributed by atoms with Crippen LogP contribution in [0.3, 0.4) is 0 Å². The number of phenols is 1. The zero-order valence-corrected chi connectivity index (χ0v) is 19.4. The van der Waals surface area contributed by atoms with E-state index in [9.17, 15) is 28.9 Å². The molecule has 0 saturated carbocycles. The first-order chi connectivity index (χ1) is 17.1. The summed E-state index contributed by atoms with van der Waals surface area (Å²) in [4.78, 5) is 16.9. The summed E-state index contributed by atoms with van der Waals surface area (Å²) in [6.45, 7) is 0. The number of rotatable bonds is 4. The number of aromatic nitrogens is 3. The molecular formula is C22H12N6O6S2. The summed E-state index contributed by atoms with van der Waals surface area (Å²) in [5, 5.41) is 39.3. The number of aromatic hydroxyl groups is 1. The summed E-state index contributed by atoms with van der Waals surface area (Å²) in [6.07, 6.45) is 1.40. The van der Waals surface area contributed by atoms with Crippen LogP contribution in [-0.4, -0.2) is 32.4 Å². The largest absolute Gasteiger partial charge is 0.506 e. The number of hydrogen-bond donors (Lipinski definition) is 3. The van der Waals surface area contributed by atoms with E-state index in [1.807, 2.05) is 6.07 Å². The van der Waals surface area contributed by atoms with E-state index in [-0.39, 0.29) is 59.9 Å². The van der Waals surface area contributed by atoms with E-state index in [2.05, 4.69) is 9.97 Å². The van der Waals surface area contributed by atoms with Crippen molar-refractivity contribution in [2.24, 2.45) is 0 Å². The number of nitriles is 1. The molecule has 0 amide bonds. The Hall–Kier alpha value is -4.87. The van der Waals surface area contributed by atoms with Gasteiger partial charge in [0.05, 0.1) is 9.82 Å². The molecule has 0 atom stereocenters. The Kier molecular flexibility index (Phi) is 5.16. The van der Waals surface area contributed by atoms with Crippen LogP contribution < -0.4 is 5.55 Å². The maximum atomic E-state index is 14.0. The molecule has 3 N–H and O–H groups in total. The molecule has 178 valence electrons. The molecule has 0 aliphatic carbocycles. The van der Waals surface area contributed by atoms with Gasteiger partial charge in [-0.3, -0.25) is 25.5 Å². The number of phenolic OH excluding ortho intramolecular Hbond substituents is 1. The number of hydrogen-bond acceptors (Lipinski definition) is 10. The molecular weight excluding hydrogens is 508 g/mol. The Morgan fingerprint density at radius 3 is 2.61 bits per heavy atom. The first-order valence-corrected chi connectivity index (χ1v) is 11.8. The number of nitrogens with one attached hydrogen (secondary N) is 2. The summed E-state index contributed by atoms with van der Waals surface area (Å²) in [7, 11) is -4.49. The fourth-order valence-corrected chi connectivity index (χ4v) is 5.93. The van der Waals surface area contributed by atoms with Crippen LogP contribution >= 0.6 is 12.2 Å². The highest BCUT2D eigenvalue weighted by atomic mass is 32.2. The van der Waals surface area contributed by atoms with Crippen molar-refractivity contribution < 1.29 is 22.9 Å². The molecule has 5 rings (SSSR count). The predicted octanol–water partition coefficient (Wildman–Crippen LogP) is 3.71. The molecule has 0 saturated heterocycles. The van der Waals surface area contributed by atoms with Crippen LogP contribution in [0.15, 0.2) is 64.0 Å². The highest BCUT2D eigenvalue weighted by Crippen LogP contribution is 2.35. The van der Waals surface area contributed by atoms with Crippen molar-refractivity contribution in [2.75, 3.05) is 0 Å². The van der Waals surface area contributed by atoms with Gasteiger partial charge in [0.25, 0.3) is 15.7 Å². The summed E-state index contributed by atoms with van der Waals surface area (Å²) in [5.74, 6) is -0.223. The minimum atomic E-state index is -4.49. The third kappa shape index (κ3) is 3.34. The lowest BCUT2D eigenvalue weighted by Gasteiger charge is -2.13. The molecule has 3 heterocycles. The van der Waals surface area contributed by atoms with E-state index in [1.165, 1.54) is 54.7 Å². The average Bonchev–Trinajstić information content (AvgIpc) is 3.19. The molecule has 0 unspecified atom stereocenters. The number of nitro groups is 1. The fraction of sp³-hybridized carbons (Fsp3) is 0. The molecule has 14 heteroatoms. The van der Waals surface area contributed by atoms with Gasteiger partial charge in [0.15, 0.2) is 4.77 Å². The number of fused-ring (bicyclic) bond motifs is 2. The summed E-state index contributed by atoms with van der Waals surface area (Å²) >= 11 is 5.31. The van der Waals surface area contributed by atoms with E-state index < -0.39 is 20.5 Å². The molecule has 3 aromatic heterocycles. The topological polar surface area (TPSA) is 192 Å². The highest BCUT2D eigenvalue weighted by molar-refractivity contribution is 7.90. The van der Waals surface area contributed by atoms with Crippen molar-refractivity contribution in [1.29, 1.82) is 10.7 Å². The van der Waals surface area contributed by atoms with Gasteiger partial charge in [-0.25, -0.2) is 12.4 Å². The lowest BCUT2D eigenvalue weighted by Crippen LogP contribution is -2.16. The maximum Gasteiger partial charge on any atom is 0.271 e. The molecule has 12 nitrogen and oxygen atoms in total. The van der Waals surface area contributed by atoms with E-state index >= 15 is 0 Å². The van der Waals surface area contributed by atoms with Crippen molar-refractivity contribution >= 4 is 50.1 Å². The Bertz CT molecular complexity index is 2000. The second-order valence-corrected chi connectivity index (χ2v) is 9.60. The normalized spacial score (nSPS) is 11.5. The van der Waals surface area contributed by atoms with Crippen molar-refractivity contribution in [3.05, 3.63) is 80.7 Å². The second-order valence-electron chi connectivity index (χ2n) is 7.46. The lowest BCUT2D eigenvalue weighted by molar-refractivity contribution is -0.384. The van der Waals surface area contributed by atoms with Gasteiger partial charge in [-0.2, -0.15) is 5.26 Å². The first-order valence-electron chi connectivity index (χ1n) is 9.98. The average molecular weight is 521 g/mol. The zero-order chi connectivity index (χ0) is 25.8. The quantitative estimate of drug-likeness (QED) is 0.180. The molecule has 0 spiro atoms. The van der Waals surface area contributed by atoms with Crippen molar-refractivity contribution in [3.63, 3.8) is 0 Å². The Morgan fingerprint density at radius 1 is 1.22 bits per heavy atom. The van der Waals surface area contributed by atoms with Gasteiger partial charge >= 0.3 is 0 Å². The Labute approximate surface area is 206 Å². The molecule has 2 aromatic carbocycles. The minimum absolute atomic E-state index is 0.0178. The maximum absolute atomic E-state index is 14.0. The molecule has 36 heavy (non-hydrogen) atoms. The van der Waals surface area contributed by atoms with Gasteiger partial charge in [0.2, 0.25) is 11.3 Å². The van der Waals surface area contributed by atoms with Gasteiger partial charge in [-0.15, -0.1) is 0 Å². The van der Waals surface area contributed by atoms with Crippen LogP contribution in [0.2, 0.25) is 0 Å². The van der Waals surface area contributed by atoms with Crippen LogP contribution in [-0.2, 0) is 10.0 Å². The van der Waals surface area contributed by atoms with Crippen LogP contribution in [0, 0.1) is 31.6 Å². The molecule has 0 fully saturated rings. The molecule has 0 radical (unpaired) electrons.